The molecule has 0 atom stereocenters. The number of thioether (sulfide) groups is 1. The highest BCUT2D eigenvalue weighted by atomic mass is 32.2. The van der Waals surface area contributed by atoms with E-state index in [2.05, 4.69) is 0 Å². The molecule has 0 bridgehead atoms. The summed E-state index contributed by atoms with van der Waals surface area (Å²) in [5, 5.41) is 0. The Morgan fingerprint density at radius 3 is 3.00 bits per heavy atom. The fourth-order valence-corrected chi connectivity index (χ4v) is 1.97. The summed E-state index contributed by atoms with van der Waals surface area (Å²) in [6, 6.07) is 5.95. The summed E-state index contributed by atoms with van der Waals surface area (Å²) in [4.78, 5) is 0. The standard InChI is InChI=1S/C10H11NO2S/c11-3-4-14-6-8-1-2-9-10(5-8)13-7-12-9/h1-2,5H,3-4,6-7H2. The fourth-order valence-electron chi connectivity index (χ4n) is 1.29. The molecule has 0 saturated carbocycles. The van der Waals surface area contributed by atoms with E-state index < -0.39 is 0 Å². The lowest BCUT2D eigenvalue weighted by Gasteiger charge is -2.01. The first-order valence-corrected chi connectivity index (χ1v) is 5.63. The topological polar surface area (TPSA) is 40.8 Å². The summed E-state index contributed by atoms with van der Waals surface area (Å²) in [5.74, 6) is 3.32. The summed E-state index contributed by atoms with van der Waals surface area (Å²) >= 11 is 1.71. The molecule has 2 rings (SSSR count). The van der Waals surface area contributed by atoms with Crippen molar-refractivity contribution < 1.29 is 9.47 Å². The first-order valence-electron chi connectivity index (χ1n) is 4.47. The highest BCUT2D eigenvalue weighted by Gasteiger charge is 2.12. The molecular formula is C10H11NO2S. The summed E-state index contributed by atoms with van der Waals surface area (Å²) < 4.78 is 10.5. The Kier molecular flexibility index (Phi) is 3.16. The zero-order valence-corrected chi connectivity index (χ0v) is 8.55. The molecule has 0 saturated heterocycles. The molecule has 0 aromatic heterocycles. The zero-order chi connectivity index (χ0) is 9.80. The van der Waals surface area contributed by atoms with Crippen molar-refractivity contribution >= 4 is 11.8 Å². The van der Waals surface area contributed by atoms with Gasteiger partial charge >= 0.3 is 0 Å². The SMILES string of the molecule is [N]CCSCc1ccc2c(c1)OCO2. The van der Waals surface area contributed by atoms with Crippen molar-refractivity contribution in [2.45, 2.75) is 5.75 Å². The van der Waals surface area contributed by atoms with Gasteiger partial charge in [-0.2, -0.15) is 11.8 Å². The molecule has 0 unspecified atom stereocenters. The smallest absolute Gasteiger partial charge is 0.231 e. The summed E-state index contributed by atoms with van der Waals surface area (Å²) in [6.07, 6.45) is 0. The maximum atomic E-state index is 8.63. The molecule has 74 valence electrons. The molecule has 0 fully saturated rings. The summed E-state index contributed by atoms with van der Waals surface area (Å²) in [7, 11) is 0. The molecule has 0 N–H and O–H groups in total. The van der Waals surface area contributed by atoms with Gasteiger partial charge in [-0.15, -0.1) is 5.73 Å². The van der Waals surface area contributed by atoms with Gasteiger partial charge in [0.2, 0.25) is 6.79 Å². The Morgan fingerprint density at radius 2 is 2.14 bits per heavy atom. The predicted molar refractivity (Wildman–Crippen MR) is 55.7 cm³/mol. The molecule has 1 aliphatic rings. The Bertz CT molecular complexity index is 317. The van der Waals surface area contributed by atoms with Crippen LogP contribution in [0.1, 0.15) is 5.56 Å². The molecule has 0 spiro atoms. The molecule has 14 heavy (non-hydrogen) atoms. The van der Waals surface area contributed by atoms with E-state index in [0.29, 0.717) is 6.79 Å². The molecule has 0 amide bonds. The third kappa shape index (κ3) is 2.13. The molecule has 1 aromatic carbocycles. The lowest BCUT2D eigenvalue weighted by atomic mass is 10.2. The molecule has 1 heterocycles. The van der Waals surface area contributed by atoms with Crippen LogP contribution >= 0.6 is 11.8 Å². The van der Waals surface area contributed by atoms with Crippen LogP contribution in [0.4, 0.5) is 0 Å². The van der Waals surface area contributed by atoms with Crippen LogP contribution in [0.3, 0.4) is 0 Å². The van der Waals surface area contributed by atoms with E-state index in [0.717, 1.165) is 23.0 Å². The van der Waals surface area contributed by atoms with Crippen molar-refractivity contribution in [1.29, 1.82) is 0 Å². The normalized spacial score (nSPS) is 13.2. The minimum atomic E-state index is 0.231. The molecule has 2 radical (unpaired) electrons. The van der Waals surface area contributed by atoms with Crippen molar-refractivity contribution in [3.8, 4) is 11.5 Å². The monoisotopic (exact) mass is 209 g/mol. The van der Waals surface area contributed by atoms with E-state index in [9.17, 15) is 0 Å². The molecule has 0 aliphatic carbocycles. The van der Waals surface area contributed by atoms with Crippen LogP contribution in [0.15, 0.2) is 18.2 Å². The number of rotatable bonds is 4. The van der Waals surface area contributed by atoms with Crippen molar-refractivity contribution in [3.05, 3.63) is 23.8 Å². The van der Waals surface area contributed by atoms with Crippen LogP contribution < -0.4 is 15.2 Å². The third-order valence-corrected chi connectivity index (χ3v) is 2.95. The number of ether oxygens (including phenoxy) is 2. The minimum Gasteiger partial charge on any atom is -0.454 e. The Balaban J connectivity index is 1.98. The molecule has 3 nitrogen and oxygen atoms in total. The highest BCUT2D eigenvalue weighted by molar-refractivity contribution is 7.98. The van der Waals surface area contributed by atoms with E-state index >= 15 is 0 Å². The molecule has 4 heteroatoms. The van der Waals surface area contributed by atoms with Crippen molar-refractivity contribution in [2.24, 2.45) is 0 Å². The van der Waals surface area contributed by atoms with Gasteiger partial charge < -0.3 is 9.47 Å². The van der Waals surface area contributed by atoms with Gasteiger partial charge in [-0.05, 0) is 17.7 Å². The fraction of sp³-hybridized carbons (Fsp3) is 0.400. The molecule has 1 aromatic rings. The second-order valence-electron chi connectivity index (χ2n) is 2.96. The quantitative estimate of drug-likeness (QED) is 0.709. The van der Waals surface area contributed by atoms with Crippen LogP contribution in [0.5, 0.6) is 11.5 Å². The largest absolute Gasteiger partial charge is 0.454 e. The zero-order valence-electron chi connectivity index (χ0n) is 7.73. The van der Waals surface area contributed by atoms with Gasteiger partial charge in [-0.3, -0.25) is 0 Å². The van der Waals surface area contributed by atoms with Gasteiger partial charge in [0.1, 0.15) is 0 Å². The molecule has 1 aliphatic heterocycles. The Morgan fingerprint density at radius 1 is 1.29 bits per heavy atom. The minimum absolute atomic E-state index is 0.231. The van der Waals surface area contributed by atoms with Gasteiger partial charge in [-0.1, -0.05) is 6.07 Å². The average molecular weight is 209 g/mol. The second-order valence-corrected chi connectivity index (χ2v) is 4.07. The van der Waals surface area contributed by atoms with Gasteiger partial charge in [0.15, 0.2) is 11.5 Å². The average Bonchev–Trinajstić information content (AvgIpc) is 2.65. The lowest BCUT2D eigenvalue weighted by Crippen LogP contribution is -1.93. The van der Waals surface area contributed by atoms with Gasteiger partial charge in [-0.25, -0.2) is 0 Å². The maximum absolute atomic E-state index is 8.63. The van der Waals surface area contributed by atoms with E-state index in [4.69, 9.17) is 15.2 Å². The van der Waals surface area contributed by atoms with Gasteiger partial charge in [0, 0.05) is 18.1 Å². The second kappa shape index (κ2) is 4.57. The van der Waals surface area contributed by atoms with Crippen LogP contribution in [0, 0.1) is 0 Å². The van der Waals surface area contributed by atoms with E-state index in [-0.39, 0.29) is 6.54 Å². The Labute approximate surface area is 87.6 Å². The Hall–Kier alpha value is -0.870. The van der Waals surface area contributed by atoms with Crippen LogP contribution in [0.25, 0.3) is 0 Å². The third-order valence-electron chi connectivity index (χ3n) is 1.94. The number of hydrogen-bond acceptors (Lipinski definition) is 3. The summed E-state index contributed by atoms with van der Waals surface area (Å²) in [5.41, 5.74) is 9.84. The first kappa shape index (κ1) is 9.68. The van der Waals surface area contributed by atoms with Gasteiger partial charge in [0.25, 0.3) is 0 Å². The van der Waals surface area contributed by atoms with Gasteiger partial charge in [0.05, 0.1) is 0 Å². The van der Waals surface area contributed by atoms with Crippen LogP contribution in [-0.4, -0.2) is 19.1 Å². The highest BCUT2D eigenvalue weighted by Crippen LogP contribution is 2.33. The van der Waals surface area contributed by atoms with E-state index in [1.807, 2.05) is 18.2 Å². The number of fused-ring (bicyclic) bond motifs is 1. The number of nitrogens with zero attached hydrogens (tertiary/aromatic N) is 1. The first-order chi connectivity index (χ1) is 6.90. The van der Waals surface area contributed by atoms with E-state index in [1.165, 1.54) is 5.56 Å². The predicted octanol–water partition coefficient (Wildman–Crippen LogP) is 1.72. The summed E-state index contributed by atoms with van der Waals surface area (Å²) in [6.45, 7) is 0.553. The molecular weight excluding hydrogens is 198 g/mol. The lowest BCUT2D eigenvalue weighted by molar-refractivity contribution is 0.174. The van der Waals surface area contributed by atoms with E-state index in [1.54, 1.807) is 11.8 Å². The van der Waals surface area contributed by atoms with Crippen LogP contribution in [0.2, 0.25) is 0 Å². The number of hydrogen-bond donors (Lipinski definition) is 0. The maximum Gasteiger partial charge on any atom is 0.231 e. The van der Waals surface area contributed by atoms with Crippen molar-refractivity contribution in [2.75, 3.05) is 19.1 Å². The van der Waals surface area contributed by atoms with Crippen LogP contribution in [-0.2, 0) is 5.75 Å². The van der Waals surface area contributed by atoms with Crippen molar-refractivity contribution in [1.82, 2.24) is 5.73 Å². The number of benzene rings is 1. The van der Waals surface area contributed by atoms with Crippen molar-refractivity contribution in [3.63, 3.8) is 0 Å².